The second kappa shape index (κ2) is 5.39. The number of hydrogen-bond acceptors (Lipinski definition) is 2. The number of rotatable bonds is 1. The molecule has 0 bridgehead atoms. The van der Waals surface area contributed by atoms with E-state index in [1.54, 1.807) is 17.8 Å². The standard InChI is InChI=1S/C19H16FN2S/c1-21-10-9-13(15-5-3-4-6-16(15)21)11-19-22(2)17-12-14(20)7-8-18(17)23-19/h3-12H,1-2H3/q+1. The van der Waals surface area contributed by atoms with Crippen LogP contribution in [0.25, 0.3) is 17.0 Å². The molecule has 0 fully saturated rings. The van der Waals surface area contributed by atoms with Crippen molar-refractivity contribution in [1.82, 2.24) is 0 Å². The molecule has 0 amide bonds. The van der Waals surface area contributed by atoms with E-state index in [0.717, 1.165) is 15.6 Å². The van der Waals surface area contributed by atoms with Gasteiger partial charge in [0.15, 0.2) is 6.20 Å². The number of thioether (sulfide) groups is 1. The van der Waals surface area contributed by atoms with Gasteiger partial charge in [0.25, 0.3) is 0 Å². The lowest BCUT2D eigenvalue weighted by molar-refractivity contribution is -0.644. The molecule has 4 heteroatoms. The van der Waals surface area contributed by atoms with Gasteiger partial charge in [0.2, 0.25) is 5.52 Å². The Bertz CT molecular complexity index is 949. The van der Waals surface area contributed by atoms with E-state index in [1.807, 2.05) is 31.1 Å². The molecule has 1 aliphatic heterocycles. The van der Waals surface area contributed by atoms with E-state index >= 15 is 0 Å². The van der Waals surface area contributed by atoms with Gasteiger partial charge in [-0.2, -0.15) is 0 Å². The third-order valence-electron chi connectivity index (χ3n) is 4.18. The monoisotopic (exact) mass is 323 g/mol. The van der Waals surface area contributed by atoms with Crippen LogP contribution in [0.15, 0.2) is 64.7 Å². The maximum atomic E-state index is 13.5. The van der Waals surface area contributed by atoms with Crippen LogP contribution >= 0.6 is 11.8 Å². The lowest BCUT2D eigenvalue weighted by Crippen LogP contribution is -2.28. The van der Waals surface area contributed by atoms with Crippen LogP contribution in [0.4, 0.5) is 10.1 Å². The molecule has 4 rings (SSSR count). The first-order chi connectivity index (χ1) is 11.1. The highest BCUT2D eigenvalue weighted by Gasteiger charge is 2.23. The number of aryl methyl sites for hydroxylation is 1. The van der Waals surface area contributed by atoms with Gasteiger partial charge >= 0.3 is 0 Å². The van der Waals surface area contributed by atoms with Crippen LogP contribution in [0, 0.1) is 5.82 Å². The zero-order valence-corrected chi connectivity index (χ0v) is 13.8. The molecule has 0 N–H and O–H groups in total. The maximum absolute atomic E-state index is 13.5. The molecule has 0 spiro atoms. The summed E-state index contributed by atoms with van der Waals surface area (Å²) in [5, 5.41) is 2.31. The summed E-state index contributed by atoms with van der Waals surface area (Å²) in [6.45, 7) is 0. The van der Waals surface area contributed by atoms with Crippen LogP contribution in [0.3, 0.4) is 0 Å². The highest BCUT2D eigenvalue weighted by Crippen LogP contribution is 2.46. The summed E-state index contributed by atoms with van der Waals surface area (Å²) in [7, 11) is 4.03. The zero-order valence-electron chi connectivity index (χ0n) is 13.0. The zero-order chi connectivity index (χ0) is 16.0. The van der Waals surface area contributed by atoms with Crippen molar-refractivity contribution in [3.8, 4) is 0 Å². The molecule has 0 unspecified atom stereocenters. The molecule has 0 radical (unpaired) electrons. The number of hydrogen-bond donors (Lipinski definition) is 0. The van der Waals surface area contributed by atoms with Gasteiger partial charge in [-0.05, 0) is 35.9 Å². The predicted molar refractivity (Wildman–Crippen MR) is 93.8 cm³/mol. The highest BCUT2D eigenvalue weighted by atomic mass is 32.2. The number of aromatic nitrogens is 1. The third kappa shape index (κ3) is 2.39. The SMILES string of the molecule is CN1/C(=C/c2cc[n+](C)c3ccccc23)Sc2ccc(F)cc21. The average Bonchev–Trinajstić information content (AvgIpc) is 2.86. The van der Waals surface area contributed by atoms with E-state index in [9.17, 15) is 4.39 Å². The molecule has 2 aromatic carbocycles. The topological polar surface area (TPSA) is 7.12 Å². The second-order valence-corrected chi connectivity index (χ2v) is 6.72. The van der Waals surface area contributed by atoms with Crippen LogP contribution in [-0.2, 0) is 7.05 Å². The molecule has 114 valence electrons. The van der Waals surface area contributed by atoms with Gasteiger partial charge in [-0.15, -0.1) is 0 Å². The first kappa shape index (κ1) is 14.3. The summed E-state index contributed by atoms with van der Waals surface area (Å²) in [5.41, 5.74) is 3.28. The molecule has 23 heavy (non-hydrogen) atoms. The van der Waals surface area contributed by atoms with Gasteiger partial charge in [0.05, 0.1) is 16.1 Å². The molecule has 0 aliphatic carbocycles. The molecular weight excluding hydrogens is 307 g/mol. The van der Waals surface area contributed by atoms with Crippen molar-refractivity contribution in [2.45, 2.75) is 4.90 Å². The normalized spacial score (nSPS) is 15.4. The van der Waals surface area contributed by atoms with E-state index in [0.29, 0.717) is 0 Å². The quantitative estimate of drug-likeness (QED) is 0.615. The number of pyridine rings is 1. The minimum absolute atomic E-state index is 0.199. The smallest absolute Gasteiger partial charge is 0.212 e. The number of fused-ring (bicyclic) bond motifs is 2. The van der Waals surface area contributed by atoms with Gasteiger partial charge in [0.1, 0.15) is 12.9 Å². The first-order valence-electron chi connectivity index (χ1n) is 7.44. The maximum Gasteiger partial charge on any atom is 0.212 e. The van der Waals surface area contributed by atoms with E-state index in [-0.39, 0.29) is 5.82 Å². The Morgan fingerprint density at radius 3 is 2.83 bits per heavy atom. The number of anilines is 1. The van der Waals surface area contributed by atoms with Crippen molar-refractivity contribution in [3.05, 3.63) is 71.1 Å². The average molecular weight is 323 g/mol. The molecule has 2 heterocycles. The predicted octanol–water partition coefficient (Wildman–Crippen LogP) is 4.34. The van der Waals surface area contributed by atoms with E-state index in [1.165, 1.54) is 22.5 Å². The lowest BCUT2D eigenvalue weighted by Gasteiger charge is -2.13. The fourth-order valence-electron chi connectivity index (χ4n) is 2.91. The van der Waals surface area contributed by atoms with E-state index in [2.05, 4.69) is 41.1 Å². The highest BCUT2D eigenvalue weighted by molar-refractivity contribution is 8.03. The van der Waals surface area contributed by atoms with Gasteiger partial charge < -0.3 is 4.90 Å². The Morgan fingerprint density at radius 1 is 1.13 bits per heavy atom. The molecule has 1 aromatic heterocycles. The molecular formula is C19H16FN2S+. The van der Waals surface area contributed by atoms with Crippen molar-refractivity contribution in [3.63, 3.8) is 0 Å². The molecule has 0 saturated heterocycles. The molecule has 2 nitrogen and oxygen atoms in total. The van der Waals surface area contributed by atoms with Gasteiger partial charge in [-0.3, -0.25) is 0 Å². The molecule has 0 atom stereocenters. The van der Waals surface area contributed by atoms with Crippen molar-refractivity contribution in [2.24, 2.45) is 7.05 Å². The largest absolute Gasteiger partial charge is 0.338 e. The van der Waals surface area contributed by atoms with E-state index < -0.39 is 0 Å². The van der Waals surface area contributed by atoms with Gasteiger partial charge in [0, 0.05) is 24.1 Å². The van der Waals surface area contributed by atoms with Crippen LogP contribution in [0.5, 0.6) is 0 Å². The minimum atomic E-state index is -0.199. The fourth-order valence-corrected chi connectivity index (χ4v) is 3.99. The first-order valence-corrected chi connectivity index (χ1v) is 8.25. The van der Waals surface area contributed by atoms with E-state index in [4.69, 9.17) is 0 Å². The van der Waals surface area contributed by atoms with Crippen molar-refractivity contribution in [2.75, 3.05) is 11.9 Å². The second-order valence-electron chi connectivity index (χ2n) is 5.65. The molecule has 0 saturated carbocycles. The summed E-state index contributed by atoms with van der Waals surface area (Å²) >= 11 is 1.67. The Morgan fingerprint density at radius 2 is 1.96 bits per heavy atom. The van der Waals surface area contributed by atoms with Crippen LogP contribution in [-0.4, -0.2) is 7.05 Å². The Kier molecular flexibility index (Phi) is 3.34. The van der Waals surface area contributed by atoms with Crippen LogP contribution in [0.2, 0.25) is 0 Å². The Labute approximate surface area is 138 Å². The number of para-hydroxylation sites is 1. The molecule has 1 aliphatic rings. The van der Waals surface area contributed by atoms with Crippen LogP contribution < -0.4 is 9.47 Å². The van der Waals surface area contributed by atoms with Crippen LogP contribution in [0.1, 0.15) is 5.56 Å². The summed E-state index contributed by atoms with van der Waals surface area (Å²) in [6, 6.07) is 15.4. The Balaban J connectivity index is 1.82. The Hall–Kier alpha value is -2.33. The van der Waals surface area contributed by atoms with Gasteiger partial charge in [-0.1, -0.05) is 23.9 Å². The van der Waals surface area contributed by atoms with Crippen molar-refractivity contribution in [1.29, 1.82) is 0 Å². The number of halogens is 1. The third-order valence-corrected chi connectivity index (χ3v) is 5.35. The minimum Gasteiger partial charge on any atom is -0.338 e. The lowest BCUT2D eigenvalue weighted by atomic mass is 10.1. The summed E-state index contributed by atoms with van der Waals surface area (Å²) in [5.74, 6) is -0.199. The van der Waals surface area contributed by atoms with Gasteiger partial charge in [-0.25, -0.2) is 8.96 Å². The fraction of sp³-hybridized carbons (Fsp3) is 0.105. The van der Waals surface area contributed by atoms with Crippen molar-refractivity contribution < 1.29 is 8.96 Å². The molecule has 3 aromatic rings. The summed E-state index contributed by atoms with van der Waals surface area (Å²) < 4.78 is 15.6. The van der Waals surface area contributed by atoms with Crippen molar-refractivity contribution >= 4 is 34.4 Å². The number of benzene rings is 2. The number of nitrogens with zero attached hydrogens (tertiary/aromatic N) is 2. The summed E-state index contributed by atoms with van der Waals surface area (Å²) in [4.78, 5) is 3.14. The summed E-state index contributed by atoms with van der Waals surface area (Å²) in [6.07, 6.45) is 4.24.